The fourth-order valence-electron chi connectivity index (χ4n) is 2.47. The molecule has 0 spiro atoms. The molecule has 3 N–H and O–H groups in total. The Morgan fingerprint density at radius 1 is 1.20 bits per heavy atom. The summed E-state index contributed by atoms with van der Waals surface area (Å²) in [5.41, 5.74) is 4.00. The van der Waals surface area contributed by atoms with E-state index in [0.717, 1.165) is 10.9 Å². The molecule has 0 radical (unpaired) electrons. The predicted octanol–water partition coefficient (Wildman–Crippen LogP) is 2.65. The smallest absolute Gasteiger partial charge is 0.287 e. The molecule has 25 heavy (non-hydrogen) atoms. The Hall–Kier alpha value is -3.48. The number of carbonyl (C=O) groups is 1. The van der Waals surface area contributed by atoms with Crippen LogP contribution < -0.4 is 14.9 Å². The number of H-pyrrole nitrogens is 1. The Morgan fingerprint density at radius 2 is 2.00 bits per heavy atom. The molecule has 0 bridgehead atoms. The first-order valence-electron chi connectivity index (χ1n) is 7.49. The number of ether oxygens (including phenoxy) is 2. The average Bonchev–Trinajstić information content (AvgIpc) is 3.06. The Balaban J connectivity index is 1.82. The highest BCUT2D eigenvalue weighted by Crippen LogP contribution is 2.35. The fourth-order valence-corrected chi connectivity index (χ4v) is 2.47. The summed E-state index contributed by atoms with van der Waals surface area (Å²) in [7, 11) is 3.10. The zero-order chi connectivity index (χ0) is 17.8. The quantitative estimate of drug-likeness (QED) is 0.492. The summed E-state index contributed by atoms with van der Waals surface area (Å²) in [5, 5.41) is 14.3. The molecule has 1 heterocycles. The lowest BCUT2D eigenvalue weighted by Gasteiger charge is -2.07. The van der Waals surface area contributed by atoms with Crippen molar-refractivity contribution < 1.29 is 19.4 Å². The number of hydrogen-bond acceptors (Lipinski definition) is 5. The van der Waals surface area contributed by atoms with Gasteiger partial charge in [0.05, 0.1) is 26.0 Å². The molecule has 0 fully saturated rings. The van der Waals surface area contributed by atoms with Gasteiger partial charge in [0.25, 0.3) is 5.91 Å². The summed E-state index contributed by atoms with van der Waals surface area (Å²) in [6.07, 6.45) is 1.37. The highest BCUT2D eigenvalue weighted by molar-refractivity contribution is 6.00. The van der Waals surface area contributed by atoms with Gasteiger partial charge in [-0.25, -0.2) is 5.43 Å². The molecule has 0 aliphatic heterocycles. The van der Waals surface area contributed by atoms with E-state index in [4.69, 9.17) is 9.47 Å². The first kappa shape index (κ1) is 16.4. The molecule has 3 rings (SSSR count). The van der Waals surface area contributed by atoms with E-state index in [1.807, 2.05) is 0 Å². The zero-order valence-electron chi connectivity index (χ0n) is 13.7. The number of aromatic hydroxyl groups is 1. The number of hydrazone groups is 1. The highest BCUT2D eigenvalue weighted by Gasteiger charge is 2.15. The van der Waals surface area contributed by atoms with E-state index >= 15 is 0 Å². The van der Waals surface area contributed by atoms with Gasteiger partial charge in [-0.2, -0.15) is 5.10 Å². The number of nitrogens with one attached hydrogen (secondary N) is 2. The summed E-state index contributed by atoms with van der Waals surface area (Å²) in [6, 6.07) is 11.9. The van der Waals surface area contributed by atoms with Crippen LogP contribution >= 0.6 is 0 Å². The number of phenolic OH excluding ortho intramolecular Hbond substituents is 1. The lowest BCUT2D eigenvalue weighted by molar-refractivity contribution is 0.0951. The number of carbonyl (C=O) groups excluding carboxylic acids is 1. The Kier molecular flexibility index (Phi) is 4.56. The number of nitrogens with zero attached hydrogens (tertiary/aromatic N) is 1. The van der Waals surface area contributed by atoms with Crippen LogP contribution in [0.2, 0.25) is 0 Å². The van der Waals surface area contributed by atoms with E-state index in [1.54, 1.807) is 56.7 Å². The normalized spacial score (nSPS) is 11.0. The van der Waals surface area contributed by atoms with Gasteiger partial charge in [0, 0.05) is 10.9 Å². The standard InChI is InChI=1S/C18H17N3O4/c1-24-16-8-7-13-12(17(16)25-2)9-14(20-13)18(23)21-19-10-11-5-3-4-6-15(11)22/h3-10,20,22H,1-2H3,(H,21,23)/b19-10-. The molecule has 0 unspecified atom stereocenters. The second kappa shape index (κ2) is 6.96. The summed E-state index contributed by atoms with van der Waals surface area (Å²) < 4.78 is 10.6. The van der Waals surface area contributed by atoms with Gasteiger partial charge in [-0.1, -0.05) is 12.1 Å². The topological polar surface area (TPSA) is 95.9 Å². The fraction of sp³-hybridized carbons (Fsp3) is 0.111. The number of aromatic amines is 1. The van der Waals surface area contributed by atoms with Crippen molar-refractivity contribution in [2.24, 2.45) is 5.10 Å². The monoisotopic (exact) mass is 339 g/mol. The molecule has 128 valence electrons. The summed E-state index contributed by atoms with van der Waals surface area (Å²) in [6.45, 7) is 0. The predicted molar refractivity (Wildman–Crippen MR) is 94.6 cm³/mol. The molecule has 7 nitrogen and oxygen atoms in total. The maximum absolute atomic E-state index is 12.3. The first-order valence-corrected chi connectivity index (χ1v) is 7.49. The number of amides is 1. The molecule has 0 saturated carbocycles. The van der Waals surface area contributed by atoms with Gasteiger partial charge >= 0.3 is 0 Å². The third-order valence-corrected chi connectivity index (χ3v) is 3.69. The lowest BCUT2D eigenvalue weighted by atomic mass is 10.2. The van der Waals surface area contributed by atoms with Gasteiger partial charge in [0.1, 0.15) is 11.4 Å². The minimum Gasteiger partial charge on any atom is -0.507 e. The number of benzene rings is 2. The van der Waals surface area contributed by atoms with Crippen molar-refractivity contribution in [2.45, 2.75) is 0 Å². The molecule has 3 aromatic rings. The second-order valence-corrected chi connectivity index (χ2v) is 5.20. The van der Waals surface area contributed by atoms with Gasteiger partial charge in [0.15, 0.2) is 11.5 Å². The van der Waals surface area contributed by atoms with Crippen LogP contribution in [0.15, 0.2) is 47.6 Å². The maximum atomic E-state index is 12.3. The molecule has 0 saturated heterocycles. The molecule has 0 aliphatic rings. The van der Waals surface area contributed by atoms with Crippen LogP contribution in [0.1, 0.15) is 16.1 Å². The number of methoxy groups -OCH3 is 2. The van der Waals surface area contributed by atoms with Crippen molar-refractivity contribution in [1.82, 2.24) is 10.4 Å². The van der Waals surface area contributed by atoms with Gasteiger partial charge < -0.3 is 19.6 Å². The van der Waals surface area contributed by atoms with Gasteiger partial charge in [-0.3, -0.25) is 4.79 Å². The number of phenols is 1. The Labute approximate surface area is 143 Å². The Bertz CT molecular complexity index is 947. The van der Waals surface area contributed by atoms with E-state index in [0.29, 0.717) is 22.8 Å². The first-order chi connectivity index (χ1) is 12.1. The SMILES string of the molecule is COc1ccc2[nH]c(C(=O)N/N=C\c3ccccc3O)cc2c1OC. The number of rotatable bonds is 5. The molecule has 1 aromatic heterocycles. The van der Waals surface area contributed by atoms with Gasteiger partial charge in [-0.05, 0) is 30.3 Å². The van der Waals surface area contributed by atoms with Crippen LogP contribution in [0.3, 0.4) is 0 Å². The van der Waals surface area contributed by atoms with Crippen LogP contribution in [0.25, 0.3) is 10.9 Å². The molecule has 1 amide bonds. The van der Waals surface area contributed by atoms with Crippen molar-refractivity contribution in [3.8, 4) is 17.2 Å². The Morgan fingerprint density at radius 3 is 2.72 bits per heavy atom. The van der Waals surface area contributed by atoms with Crippen molar-refractivity contribution in [2.75, 3.05) is 14.2 Å². The van der Waals surface area contributed by atoms with Crippen molar-refractivity contribution in [1.29, 1.82) is 0 Å². The molecule has 0 atom stereocenters. The minimum atomic E-state index is -0.413. The lowest BCUT2D eigenvalue weighted by Crippen LogP contribution is -2.17. The van der Waals surface area contributed by atoms with Crippen molar-refractivity contribution in [3.63, 3.8) is 0 Å². The summed E-state index contributed by atoms with van der Waals surface area (Å²) >= 11 is 0. The van der Waals surface area contributed by atoms with Crippen LogP contribution in [0, 0.1) is 0 Å². The number of para-hydroxylation sites is 1. The molecule has 2 aromatic carbocycles. The third-order valence-electron chi connectivity index (χ3n) is 3.69. The van der Waals surface area contributed by atoms with Crippen LogP contribution in [0.5, 0.6) is 17.2 Å². The summed E-state index contributed by atoms with van der Waals surface area (Å²) in [4.78, 5) is 15.3. The largest absolute Gasteiger partial charge is 0.507 e. The van der Waals surface area contributed by atoms with E-state index < -0.39 is 5.91 Å². The minimum absolute atomic E-state index is 0.0861. The third kappa shape index (κ3) is 3.25. The second-order valence-electron chi connectivity index (χ2n) is 5.20. The van der Waals surface area contributed by atoms with Crippen LogP contribution in [-0.4, -0.2) is 36.4 Å². The van der Waals surface area contributed by atoms with Crippen LogP contribution in [0.4, 0.5) is 0 Å². The molecule has 7 heteroatoms. The average molecular weight is 339 g/mol. The molecular formula is C18H17N3O4. The number of aromatic nitrogens is 1. The highest BCUT2D eigenvalue weighted by atomic mass is 16.5. The molecule has 0 aliphatic carbocycles. The molecular weight excluding hydrogens is 322 g/mol. The van der Waals surface area contributed by atoms with E-state index in [9.17, 15) is 9.90 Å². The van der Waals surface area contributed by atoms with E-state index in [2.05, 4.69) is 15.5 Å². The number of hydrogen-bond donors (Lipinski definition) is 3. The van der Waals surface area contributed by atoms with Gasteiger partial charge in [0.2, 0.25) is 0 Å². The number of fused-ring (bicyclic) bond motifs is 1. The van der Waals surface area contributed by atoms with E-state index in [-0.39, 0.29) is 5.75 Å². The van der Waals surface area contributed by atoms with Gasteiger partial charge in [-0.15, -0.1) is 0 Å². The van der Waals surface area contributed by atoms with Crippen LogP contribution in [-0.2, 0) is 0 Å². The maximum Gasteiger partial charge on any atom is 0.287 e. The van der Waals surface area contributed by atoms with Crippen molar-refractivity contribution in [3.05, 3.63) is 53.7 Å². The zero-order valence-corrected chi connectivity index (χ0v) is 13.7. The summed E-state index contributed by atoms with van der Waals surface area (Å²) in [5.74, 6) is 0.804. The van der Waals surface area contributed by atoms with E-state index in [1.165, 1.54) is 6.21 Å². The van der Waals surface area contributed by atoms with Crippen molar-refractivity contribution >= 4 is 23.0 Å².